The maximum absolute atomic E-state index is 11.6. The molecule has 0 aromatic carbocycles. The fourth-order valence-electron chi connectivity index (χ4n) is 2.71. The van der Waals surface area contributed by atoms with Crippen LogP contribution < -0.4 is 11.1 Å². The van der Waals surface area contributed by atoms with E-state index in [1.165, 1.54) is 9.75 Å². The highest BCUT2D eigenvalue weighted by Crippen LogP contribution is 2.17. The van der Waals surface area contributed by atoms with E-state index in [-0.39, 0.29) is 5.91 Å². The third-order valence-electron chi connectivity index (χ3n) is 4.40. The van der Waals surface area contributed by atoms with Crippen molar-refractivity contribution in [3.05, 3.63) is 21.9 Å². The van der Waals surface area contributed by atoms with Crippen LogP contribution in [-0.4, -0.2) is 60.4 Å². The number of nitrogens with one attached hydrogen (secondary N) is 1. The molecule has 6 nitrogen and oxygen atoms in total. The number of primary amides is 1. The van der Waals surface area contributed by atoms with Gasteiger partial charge in [0.2, 0.25) is 5.91 Å². The lowest BCUT2D eigenvalue weighted by Gasteiger charge is -2.43. The first kappa shape index (κ1) is 17.7. The monoisotopic (exact) mass is 337 g/mol. The zero-order valence-corrected chi connectivity index (χ0v) is 15.2. The van der Waals surface area contributed by atoms with Crippen LogP contribution in [0.25, 0.3) is 0 Å². The molecule has 0 spiro atoms. The van der Waals surface area contributed by atoms with Gasteiger partial charge < -0.3 is 16.0 Å². The van der Waals surface area contributed by atoms with Gasteiger partial charge in [-0.05, 0) is 32.9 Å². The Labute approximate surface area is 142 Å². The lowest BCUT2D eigenvalue weighted by Crippen LogP contribution is -2.61. The molecule has 7 heteroatoms. The molecule has 1 amide bonds. The van der Waals surface area contributed by atoms with Crippen LogP contribution in [0.4, 0.5) is 0 Å². The minimum Gasteiger partial charge on any atom is -0.368 e. The molecule has 2 heterocycles. The second-order valence-electron chi connectivity index (χ2n) is 6.31. The molecule has 128 valence electrons. The number of carbonyl (C=O) groups excluding carboxylic acids is 1. The molecule has 1 aromatic heterocycles. The minimum absolute atomic E-state index is 0.276. The summed E-state index contributed by atoms with van der Waals surface area (Å²) in [5.74, 6) is 0.633. The Morgan fingerprint density at radius 2 is 2.00 bits per heavy atom. The molecule has 1 fully saturated rings. The summed E-state index contributed by atoms with van der Waals surface area (Å²) in [6, 6.07) is 4.28. The molecular formula is C16H27N5OS. The quantitative estimate of drug-likeness (QED) is 0.635. The van der Waals surface area contributed by atoms with Gasteiger partial charge in [-0.1, -0.05) is 0 Å². The van der Waals surface area contributed by atoms with E-state index in [2.05, 4.69) is 39.2 Å². The van der Waals surface area contributed by atoms with Crippen LogP contribution in [0.15, 0.2) is 17.1 Å². The van der Waals surface area contributed by atoms with E-state index in [4.69, 9.17) is 5.73 Å². The summed E-state index contributed by atoms with van der Waals surface area (Å²) in [7, 11) is 1.81. The van der Waals surface area contributed by atoms with Crippen molar-refractivity contribution < 1.29 is 4.79 Å². The van der Waals surface area contributed by atoms with Gasteiger partial charge in [-0.2, -0.15) is 0 Å². The van der Waals surface area contributed by atoms with Gasteiger partial charge in [0.15, 0.2) is 5.96 Å². The number of guanidine groups is 1. The Balaban J connectivity index is 1.88. The largest absolute Gasteiger partial charge is 0.368 e. The Bertz CT molecular complexity index is 573. The average Bonchev–Trinajstić information content (AvgIpc) is 2.94. The zero-order valence-electron chi connectivity index (χ0n) is 14.4. The van der Waals surface area contributed by atoms with Crippen LogP contribution >= 0.6 is 11.3 Å². The number of rotatable bonds is 4. The molecule has 0 radical (unpaired) electrons. The first-order valence-electron chi connectivity index (χ1n) is 7.90. The van der Waals surface area contributed by atoms with E-state index >= 15 is 0 Å². The van der Waals surface area contributed by atoms with Crippen LogP contribution in [0.1, 0.15) is 23.6 Å². The summed E-state index contributed by atoms with van der Waals surface area (Å²) in [4.78, 5) is 23.0. The summed E-state index contributed by atoms with van der Waals surface area (Å²) in [5.41, 5.74) is 4.91. The maximum atomic E-state index is 11.6. The van der Waals surface area contributed by atoms with Crippen molar-refractivity contribution in [2.75, 3.05) is 33.2 Å². The summed E-state index contributed by atoms with van der Waals surface area (Å²) < 4.78 is 0. The highest BCUT2D eigenvalue weighted by Gasteiger charge is 2.35. The van der Waals surface area contributed by atoms with E-state index in [1.54, 1.807) is 11.3 Å². The zero-order chi connectivity index (χ0) is 17.0. The molecule has 0 saturated carbocycles. The first-order valence-corrected chi connectivity index (χ1v) is 8.72. The molecular weight excluding hydrogens is 310 g/mol. The van der Waals surface area contributed by atoms with Gasteiger partial charge in [0.25, 0.3) is 0 Å². The molecule has 0 atom stereocenters. The summed E-state index contributed by atoms with van der Waals surface area (Å²) in [6.07, 6.45) is 0. The van der Waals surface area contributed by atoms with Crippen LogP contribution in [0.2, 0.25) is 0 Å². The predicted molar refractivity (Wildman–Crippen MR) is 95.7 cm³/mol. The molecule has 23 heavy (non-hydrogen) atoms. The third kappa shape index (κ3) is 4.23. The smallest absolute Gasteiger partial charge is 0.237 e. The van der Waals surface area contributed by atoms with Gasteiger partial charge in [-0.25, -0.2) is 0 Å². The Morgan fingerprint density at radius 3 is 2.48 bits per heavy atom. The number of aliphatic imine (C=N–C) groups is 1. The van der Waals surface area contributed by atoms with Crippen molar-refractivity contribution >= 4 is 23.2 Å². The Kier molecular flexibility index (Phi) is 5.64. The molecule has 1 saturated heterocycles. The van der Waals surface area contributed by atoms with Gasteiger partial charge in [0, 0.05) is 43.0 Å². The third-order valence-corrected chi connectivity index (χ3v) is 5.40. The van der Waals surface area contributed by atoms with Crippen molar-refractivity contribution in [3.63, 3.8) is 0 Å². The van der Waals surface area contributed by atoms with Gasteiger partial charge in [-0.3, -0.25) is 14.7 Å². The van der Waals surface area contributed by atoms with Crippen LogP contribution in [0.5, 0.6) is 0 Å². The SMILES string of the molecule is CN=C(NCc1ccc(C)s1)N1CCN(C(C)(C)C(N)=O)CC1. The molecule has 3 N–H and O–H groups in total. The molecule has 1 aromatic rings. The first-order chi connectivity index (χ1) is 10.8. The minimum atomic E-state index is -0.600. The summed E-state index contributed by atoms with van der Waals surface area (Å²) >= 11 is 1.80. The number of nitrogens with two attached hydrogens (primary N) is 1. The van der Waals surface area contributed by atoms with Gasteiger partial charge >= 0.3 is 0 Å². The molecule has 1 aliphatic heterocycles. The fourth-order valence-corrected chi connectivity index (χ4v) is 3.54. The van der Waals surface area contributed by atoms with Gasteiger partial charge in [-0.15, -0.1) is 11.3 Å². The highest BCUT2D eigenvalue weighted by atomic mass is 32.1. The lowest BCUT2D eigenvalue weighted by atomic mass is 10.0. The van der Waals surface area contributed by atoms with E-state index in [0.717, 1.165) is 38.7 Å². The molecule has 0 bridgehead atoms. The van der Waals surface area contributed by atoms with Crippen molar-refractivity contribution in [2.45, 2.75) is 32.9 Å². The fraction of sp³-hybridized carbons (Fsp3) is 0.625. The Hall–Kier alpha value is -1.60. The number of thiophene rings is 1. The molecule has 2 rings (SSSR count). The average molecular weight is 337 g/mol. The number of amides is 1. The number of hydrogen-bond donors (Lipinski definition) is 2. The van der Waals surface area contributed by atoms with Crippen molar-refractivity contribution in [1.82, 2.24) is 15.1 Å². The molecule has 0 unspecified atom stereocenters. The number of piperazine rings is 1. The van der Waals surface area contributed by atoms with Crippen molar-refractivity contribution in [1.29, 1.82) is 0 Å². The standard InChI is InChI=1S/C16H27N5OS/c1-12-5-6-13(23-12)11-19-15(18-4)20-7-9-21(10-8-20)16(2,3)14(17)22/h5-6H,7-11H2,1-4H3,(H2,17,22)(H,18,19). The number of hydrogen-bond acceptors (Lipinski definition) is 4. The van der Waals surface area contributed by atoms with Crippen LogP contribution in [-0.2, 0) is 11.3 Å². The van der Waals surface area contributed by atoms with E-state index in [0.29, 0.717) is 0 Å². The summed E-state index contributed by atoms with van der Waals surface area (Å²) in [6.45, 7) is 9.94. The highest BCUT2D eigenvalue weighted by molar-refractivity contribution is 7.11. The number of carbonyl (C=O) groups is 1. The number of nitrogens with zero attached hydrogens (tertiary/aromatic N) is 3. The lowest BCUT2D eigenvalue weighted by molar-refractivity contribution is -0.129. The molecule has 1 aliphatic rings. The van der Waals surface area contributed by atoms with E-state index in [9.17, 15) is 4.79 Å². The Morgan fingerprint density at radius 1 is 1.35 bits per heavy atom. The van der Waals surface area contributed by atoms with Crippen molar-refractivity contribution in [2.24, 2.45) is 10.7 Å². The van der Waals surface area contributed by atoms with Gasteiger partial charge in [0.05, 0.1) is 12.1 Å². The topological polar surface area (TPSA) is 74.0 Å². The number of aryl methyl sites for hydroxylation is 1. The normalized spacial score (nSPS) is 17.4. The van der Waals surface area contributed by atoms with Crippen molar-refractivity contribution in [3.8, 4) is 0 Å². The molecule has 0 aliphatic carbocycles. The second kappa shape index (κ2) is 7.31. The maximum Gasteiger partial charge on any atom is 0.237 e. The summed E-state index contributed by atoms with van der Waals surface area (Å²) in [5, 5.41) is 3.42. The van der Waals surface area contributed by atoms with Gasteiger partial charge in [0.1, 0.15) is 0 Å². The van der Waals surface area contributed by atoms with E-state index < -0.39 is 5.54 Å². The second-order valence-corrected chi connectivity index (χ2v) is 7.68. The van der Waals surface area contributed by atoms with Crippen LogP contribution in [0, 0.1) is 6.92 Å². The predicted octanol–water partition coefficient (Wildman–Crippen LogP) is 1.01. The van der Waals surface area contributed by atoms with Crippen LogP contribution in [0.3, 0.4) is 0 Å². The van der Waals surface area contributed by atoms with E-state index in [1.807, 2.05) is 20.9 Å².